The molecule has 1 unspecified atom stereocenters. The highest BCUT2D eigenvalue weighted by Crippen LogP contribution is 2.30. The molecule has 1 aliphatic carbocycles. The van der Waals surface area contributed by atoms with Gasteiger partial charge in [0.25, 0.3) is 11.8 Å². The van der Waals surface area contributed by atoms with Crippen molar-refractivity contribution in [2.45, 2.75) is 70.4 Å². The normalized spacial score (nSPS) is 17.7. The van der Waals surface area contributed by atoms with Crippen molar-refractivity contribution in [1.82, 2.24) is 25.3 Å². The lowest BCUT2D eigenvalue weighted by molar-refractivity contribution is 0.0405. The molecule has 3 heterocycles. The molecule has 0 bridgehead atoms. The number of anilines is 2. The molecule has 1 aliphatic heterocycles. The van der Waals surface area contributed by atoms with Crippen LogP contribution in [0, 0.1) is 5.92 Å². The zero-order chi connectivity index (χ0) is 26.7. The van der Waals surface area contributed by atoms with E-state index in [-0.39, 0.29) is 29.1 Å². The van der Waals surface area contributed by atoms with Gasteiger partial charge < -0.3 is 31.5 Å². The van der Waals surface area contributed by atoms with E-state index >= 15 is 0 Å². The van der Waals surface area contributed by atoms with Gasteiger partial charge in [0, 0.05) is 24.7 Å². The molecule has 0 aromatic carbocycles. The van der Waals surface area contributed by atoms with Crippen molar-refractivity contribution < 1.29 is 19.4 Å². The Labute approximate surface area is 216 Å². The first kappa shape index (κ1) is 26.5. The Hall–Kier alpha value is -3.54. The quantitative estimate of drug-likeness (QED) is 0.383. The molecule has 2 aromatic rings. The van der Waals surface area contributed by atoms with Crippen LogP contribution in [0.1, 0.15) is 85.6 Å². The van der Waals surface area contributed by atoms with Gasteiger partial charge in [0.05, 0.1) is 23.9 Å². The second-order valence-electron chi connectivity index (χ2n) is 10.5. The molecule has 1 atom stereocenters. The molecule has 37 heavy (non-hydrogen) atoms. The van der Waals surface area contributed by atoms with Crippen LogP contribution in [0.15, 0.2) is 12.1 Å². The van der Waals surface area contributed by atoms with Crippen molar-refractivity contribution in [3.8, 4) is 6.01 Å². The SMILES string of the molecule is CC(NC(=O)c1nc(OCC2CCC2)nc(N2CCC(c3ccc(N)c(C(N)=O)n3)CC2)n1)C(C)(C)O. The minimum absolute atomic E-state index is 0.0573. The highest BCUT2D eigenvalue weighted by molar-refractivity contribution is 5.95. The van der Waals surface area contributed by atoms with Gasteiger partial charge in [-0.2, -0.15) is 15.0 Å². The largest absolute Gasteiger partial charge is 0.463 e. The summed E-state index contributed by atoms with van der Waals surface area (Å²) in [6, 6.07) is 3.08. The summed E-state index contributed by atoms with van der Waals surface area (Å²) in [4.78, 5) is 44.2. The van der Waals surface area contributed by atoms with Gasteiger partial charge in [-0.25, -0.2) is 4.98 Å². The van der Waals surface area contributed by atoms with Crippen molar-refractivity contribution in [2.24, 2.45) is 11.7 Å². The predicted octanol–water partition coefficient (Wildman–Crippen LogP) is 1.40. The number of ether oxygens (including phenoxy) is 1. The van der Waals surface area contributed by atoms with Gasteiger partial charge >= 0.3 is 6.01 Å². The number of nitrogens with two attached hydrogens (primary N) is 2. The molecule has 4 rings (SSSR count). The molecule has 2 fully saturated rings. The van der Waals surface area contributed by atoms with Crippen LogP contribution in [-0.4, -0.2) is 68.2 Å². The van der Waals surface area contributed by atoms with E-state index < -0.39 is 23.5 Å². The smallest absolute Gasteiger partial charge is 0.321 e. The van der Waals surface area contributed by atoms with E-state index in [0.717, 1.165) is 31.4 Å². The molecule has 200 valence electrons. The summed E-state index contributed by atoms with van der Waals surface area (Å²) >= 11 is 0. The molecule has 1 saturated heterocycles. The molecule has 12 heteroatoms. The molecule has 0 spiro atoms. The van der Waals surface area contributed by atoms with Crippen LogP contribution in [0.2, 0.25) is 0 Å². The monoisotopic (exact) mass is 512 g/mol. The van der Waals surface area contributed by atoms with Gasteiger partial charge in [-0.3, -0.25) is 9.59 Å². The first-order valence-corrected chi connectivity index (χ1v) is 12.7. The first-order chi connectivity index (χ1) is 17.5. The van der Waals surface area contributed by atoms with E-state index in [4.69, 9.17) is 16.2 Å². The number of piperidine rings is 1. The maximum atomic E-state index is 12.9. The fraction of sp³-hybridized carbons (Fsp3) is 0.600. The summed E-state index contributed by atoms with van der Waals surface area (Å²) in [5.74, 6) is -0.269. The number of carbonyl (C=O) groups is 2. The van der Waals surface area contributed by atoms with Crippen molar-refractivity contribution in [2.75, 3.05) is 30.3 Å². The summed E-state index contributed by atoms with van der Waals surface area (Å²) in [5, 5.41) is 13.0. The highest BCUT2D eigenvalue weighted by atomic mass is 16.5. The molecule has 6 N–H and O–H groups in total. The Morgan fingerprint density at radius 1 is 1.16 bits per heavy atom. The third-order valence-corrected chi connectivity index (χ3v) is 7.26. The molecule has 0 radical (unpaired) electrons. The molecule has 2 aliphatic rings. The highest BCUT2D eigenvalue weighted by Gasteiger charge is 2.29. The predicted molar refractivity (Wildman–Crippen MR) is 137 cm³/mol. The van der Waals surface area contributed by atoms with Crippen molar-refractivity contribution >= 4 is 23.5 Å². The van der Waals surface area contributed by atoms with Crippen LogP contribution < -0.4 is 26.4 Å². The topological polar surface area (TPSA) is 182 Å². The Balaban J connectivity index is 1.50. The lowest BCUT2D eigenvalue weighted by atomic mass is 9.86. The Morgan fingerprint density at radius 3 is 2.46 bits per heavy atom. The number of aliphatic hydroxyl groups is 1. The zero-order valence-corrected chi connectivity index (χ0v) is 21.6. The van der Waals surface area contributed by atoms with E-state index in [0.29, 0.717) is 31.6 Å². The Bertz CT molecular complexity index is 1140. The third-order valence-electron chi connectivity index (χ3n) is 7.26. The van der Waals surface area contributed by atoms with E-state index in [9.17, 15) is 14.7 Å². The Morgan fingerprint density at radius 2 is 1.86 bits per heavy atom. The Kier molecular flexibility index (Phi) is 7.76. The van der Waals surface area contributed by atoms with E-state index in [1.165, 1.54) is 6.42 Å². The number of nitrogens with one attached hydrogen (secondary N) is 1. The van der Waals surface area contributed by atoms with Crippen LogP contribution in [0.3, 0.4) is 0 Å². The average molecular weight is 513 g/mol. The first-order valence-electron chi connectivity index (χ1n) is 12.7. The van der Waals surface area contributed by atoms with Gasteiger partial charge in [0.1, 0.15) is 0 Å². The van der Waals surface area contributed by atoms with Crippen LogP contribution in [0.25, 0.3) is 0 Å². The van der Waals surface area contributed by atoms with Crippen LogP contribution in [0.4, 0.5) is 11.6 Å². The van der Waals surface area contributed by atoms with Gasteiger partial charge in [-0.1, -0.05) is 6.42 Å². The van der Waals surface area contributed by atoms with Crippen molar-refractivity contribution in [3.05, 3.63) is 29.3 Å². The maximum Gasteiger partial charge on any atom is 0.321 e. The zero-order valence-electron chi connectivity index (χ0n) is 21.6. The number of aromatic nitrogens is 4. The van der Waals surface area contributed by atoms with E-state index in [2.05, 4.69) is 25.3 Å². The standard InChI is InChI=1S/C25H36N8O4/c1-14(25(2,3)36)28-22(35)21-30-23(32-24(31-21)37-13-15-5-4-6-15)33-11-9-16(10-12-33)18-8-7-17(26)19(29-18)20(27)34/h7-8,14-16,36H,4-6,9-13,26H2,1-3H3,(H2,27,34)(H,28,35). The van der Waals surface area contributed by atoms with Crippen LogP contribution in [0.5, 0.6) is 6.01 Å². The second-order valence-corrected chi connectivity index (χ2v) is 10.5. The summed E-state index contributed by atoms with van der Waals surface area (Å²) in [7, 11) is 0. The van der Waals surface area contributed by atoms with Crippen LogP contribution in [-0.2, 0) is 0 Å². The van der Waals surface area contributed by atoms with Crippen molar-refractivity contribution in [3.63, 3.8) is 0 Å². The number of hydrogen-bond donors (Lipinski definition) is 4. The number of rotatable bonds is 9. The number of primary amides is 1. The van der Waals surface area contributed by atoms with Crippen LogP contribution >= 0.6 is 0 Å². The number of nitrogen functional groups attached to an aromatic ring is 1. The van der Waals surface area contributed by atoms with Gasteiger partial charge in [-0.15, -0.1) is 0 Å². The third kappa shape index (κ3) is 6.43. The molecule has 12 nitrogen and oxygen atoms in total. The lowest BCUT2D eigenvalue weighted by Gasteiger charge is -2.32. The van der Waals surface area contributed by atoms with E-state index in [1.54, 1.807) is 26.8 Å². The maximum absolute atomic E-state index is 12.9. The van der Waals surface area contributed by atoms with Crippen molar-refractivity contribution in [1.29, 1.82) is 0 Å². The molecular formula is C25H36N8O4. The summed E-state index contributed by atoms with van der Waals surface area (Å²) in [6.45, 7) is 6.67. The minimum Gasteiger partial charge on any atom is -0.463 e. The summed E-state index contributed by atoms with van der Waals surface area (Å²) in [5.41, 5.74) is 11.2. The molecule has 1 saturated carbocycles. The summed E-state index contributed by atoms with van der Waals surface area (Å²) < 4.78 is 5.86. The fourth-order valence-electron chi connectivity index (χ4n) is 4.23. The second kappa shape index (κ2) is 10.8. The summed E-state index contributed by atoms with van der Waals surface area (Å²) in [6.07, 6.45) is 4.88. The lowest BCUT2D eigenvalue weighted by Crippen LogP contribution is -2.47. The number of carbonyl (C=O) groups excluding carboxylic acids is 2. The van der Waals surface area contributed by atoms with E-state index in [1.807, 2.05) is 11.0 Å². The van der Waals surface area contributed by atoms with Gasteiger partial charge in [-0.05, 0) is 64.5 Å². The average Bonchev–Trinajstić information content (AvgIpc) is 2.82. The number of pyridine rings is 1. The van der Waals surface area contributed by atoms with Gasteiger partial charge in [0.15, 0.2) is 5.69 Å². The number of hydrogen-bond acceptors (Lipinski definition) is 10. The minimum atomic E-state index is -1.11. The number of amides is 2. The van der Waals surface area contributed by atoms with Gasteiger partial charge in [0.2, 0.25) is 11.8 Å². The number of nitrogens with zero attached hydrogens (tertiary/aromatic N) is 5. The molecular weight excluding hydrogens is 476 g/mol. The molecule has 2 aromatic heterocycles. The fourth-order valence-corrected chi connectivity index (χ4v) is 4.23. The molecule has 2 amide bonds.